The van der Waals surface area contributed by atoms with Gasteiger partial charge in [-0.15, -0.1) is 0 Å². The van der Waals surface area contributed by atoms with Crippen LogP contribution in [-0.2, 0) is 17.8 Å². The Morgan fingerprint density at radius 3 is 2.50 bits per heavy atom. The third-order valence-electron chi connectivity index (χ3n) is 4.18. The largest absolute Gasteiger partial charge is 0.341 e. The molecule has 0 N–H and O–H groups in total. The summed E-state index contributed by atoms with van der Waals surface area (Å²) in [7, 11) is 1.76. The highest BCUT2D eigenvalue weighted by Gasteiger charge is 2.10. The van der Waals surface area contributed by atoms with Crippen molar-refractivity contribution in [2.45, 2.75) is 19.4 Å². The number of hydrogen-bond acceptors (Lipinski definition) is 1. The van der Waals surface area contributed by atoms with E-state index in [1.807, 2.05) is 18.2 Å². The van der Waals surface area contributed by atoms with E-state index in [0.717, 1.165) is 11.1 Å². The van der Waals surface area contributed by atoms with Crippen LogP contribution in [0, 0.1) is 5.82 Å². The molecule has 3 aromatic rings. The smallest absolute Gasteiger partial charge is 0.222 e. The zero-order valence-corrected chi connectivity index (χ0v) is 13.7. The molecule has 0 bridgehead atoms. The first-order valence-electron chi connectivity index (χ1n) is 8.08. The number of benzene rings is 3. The van der Waals surface area contributed by atoms with E-state index in [0.29, 0.717) is 19.4 Å². The fourth-order valence-corrected chi connectivity index (χ4v) is 2.83. The van der Waals surface area contributed by atoms with Crippen LogP contribution in [-0.4, -0.2) is 17.9 Å². The topological polar surface area (TPSA) is 20.3 Å². The van der Waals surface area contributed by atoms with E-state index in [2.05, 4.69) is 30.3 Å². The lowest BCUT2D eigenvalue weighted by Crippen LogP contribution is -2.26. The first-order chi connectivity index (χ1) is 11.6. The predicted octanol–water partition coefficient (Wildman–Crippen LogP) is 4.57. The molecule has 0 spiro atoms. The minimum Gasteiger partial charge on any atom is -0.341 e. The van der Waals surface area contributed by atoms with Crippen molar-refractivity contribution in [3.63, 3.8) is 0 Å². The van der Waals surface area contributed by atoms with E-state index >= 15 is 0 Å². The number of halogens is 1. The number of rotatable bonds is 5. The summed E-state index contributed by atoms with van der Waals surface area (Å²) < 4.78 is 13.2. The zero-order valence-electron chi connectivity index (χ0n) is 13.7. The van der Waals surface area contributed by atoms with Gasteiger partial charge in [0.05, 0.1) is 0 Å². The van der Waals surface area contributed by atoms with Gasteiger partial charge in [-0.3, -0.25) is 4.79 Å². The van der Waals surface area contributed by atoms with Gasteiger partial charge in [-0.1, -0.05) is 54.6 Å². The van der Waals surface area contributed by atoms with Crippen molar-refractivity contribution in [3.8, 4) is 0 Å². The van der Waals surface area contributed by atoms with Gasteiger partial charge in [-0.25, -0.2) is 4.39 Å². The second-order valence-corrected chi connectivity index (χ2v) is 6.06. The van der Waals surface area contributed by atoms with Gasteiger partial charge in [-0.05, 0) is 40.5 Å². The Morgan fingerprint density at radius 1 is 0.917 bits per heavy atom. The molecule has 0 saturated carbocycles. The molecule has 0 unspecified atom stereocenters. The fraction of sp³-hybridized carbons (Fsp3) is 0.190. The number of amides is 1. The van der Waals surface area contributed by atoms with Crippen LogP contribution in [0.5, 0.6) is 0 Å². The minimum atomic E-state index is -0.274. The Kier molecular flexibility index (Phi) is 4.90. The van der Waals surface area contributed by atoms with Gasteiger partial charge in [0.15, 0.2) is 0 Å². The average Bonchev–Trinajstić information content (AvgIpc) is 2.59. The van der Waals surface area contributed by atoms with Crippen LogP contribution in [0.3, 0.4) is 0 Å². The molecule has 0 atom stereocenters. The molecule has 1 amide bonds. The van der Waals surface area contributed by atoms with E-state index in [9.17, 15) is 9.18 Å². The summed E-state index contributed by atoms with van der Waals surface area (Å²) in [5.41, 5.74) is 1.96. The molecule has 0 aliphatic carbocycles. The fourth-order valence-electron chi connectivity index (χ4n) is 2.83. The quantitative estimate of drug-likeness (QED) is 0.674. The van der Waals surface area contributed by atoms with Gasteiger partial charge in [0, 0.05) is 20.0 Å². The molecule has 0 heterocycles. The van der Waals surface area contributed by atoms with Crippen LogP contribution in [0.2, 0.25) is 0 Å². The molecule has 122 valence electrons. The van der Waals surface area contributed by atoms with Crippen molar-refractivity contribution in [3.05, 3.63) is 83.7 Å². The molecule has 0 saturated heterocycles. The van der Waals surface area contributed by atoms with Crippen LogP contribution < -0.4 is 0 Å². The number of carbonyl (C=O) groups excluding carboxylic acids is 1. The summed E-state index contributed by atoms with van der Waals surface area (Å²) in [6.07, 6.45) is 1.15. The van der Waals surface area contributed by atoms with Gasteiger partial charge < -0.3 is 4.90 Å². The van der Waals surface area contributed by atoms with E-state index in [4.69, 9.17) is 0 Å². The van der Waals surface area contributed by atoms with Crippen LogP contribution >= 0.6 is 0 Å². The molecule has 0 radical (unpaired) electrons. The van der Waals surface area contributed by atoms with Crippen molar-refractivity contribution in [1.29, 1.82) is 0 Å². The lowest BCUT2D eigenvalue weighted by Gasteiger charge is -2.17. The first-order valence-corrected chi connectivity index (χ1v) is 8.08. The van der Waals surface area contributed by atoms with Crippen molar-refractivity contribution in [2.75, 3.05) is 7.05 Å². The molecule has 24 heavy (non-hydrogen) atoms. The Labute approximate surface area is 141 Å². The molecular weight excluding hydrogens is 301 g/mol. The predicted molar refractivity (Wildman–Crippen MR) is 95.1 cm³/mol. The molecule has 3 aromatic carbocycles. The lowest BCUT2D eigenvalue weighted by atomic mass is 10.0. The molecule has 3 heteroatoms. The molecule has 0 aromatic heterocycles. The van der Waals surface area contributed by atoms with Crippen molar-refractivity contribution < 1.29 is 9.18 Å². The van der Waals surface area contributed by atoms with E-state index < -0.39 is 0 Å². The Balaban J connectivity index is 1.59. The van der Waals surface area contributed by atoms with Gasteiger partial charge in [0.1, 0.15) is 5.82 Å². The van der Waals surface area contributed by atoms with Crippen LogP contribution in [0.15, 0.2) is 66.7 Å². The molecule has 0 aliphatic heterocycles. The van der Waals surface area contributed by atoms with E-state index in [1.165, 1.54) is 22.9 Å². The highest BCUT2D eigenvalue weighted by Crippen LogP contribution is 2.17. The SMILES string of the molecule is CN(Cc1cccc(F)c1)C(=O)CCc1ccc2ccccc2c1. The Bertz CT molecular complexity index is 859. The highest BCUT2D eigenvalue weighted by molar-refractivity contribution is 5.83. The van der Waals surface area contributed by atoms with Crippen molar-refractivity contribution in [2.24, 2.45) is 0 Å². The molecule has 0 aliphatic rings. The average molecular weight is 321 g/mol. The van der Waals surface area contributed by atoms with Gasteiger partial charge in [-0.2, -0.15) is 0 Å². The monoisotopic (exact) mass is 321 g/mol. The highest BCUT2D eigenvalue weighted by atomic mass is 19.1. The van der Waals surface area contributed by atoms with Gasteiger partial charge >= 0.3 is 0 Å². The first kappa shape index (κ1) is 16.2. The molecular formula is C21H20FNO. The Morgan fingerprint density at radius 2 is 1.71 bits per heavy atom. The second kappa shape index (κ2) is 7.26. The maximum atomic E-state index is 13.2. The maximum Gasteiger partial charge on any atom is 0.222 e. The summed E-state index contributed by atoms with van der Waals surface area (Å²) in [5, 5.41) is 2.39. The third-order valence-corrected chi connectivity index (χ3v) is 4.18. The summed E-state index contributed by atoms with van der Waals surface area (Å²) in [6, 6.07) is 20.9. The summed E-state index contributed by atoms with van der Waals surface area (Å²) >= 11 is 0. The number of fused-ring (bicyclic) bond motifs is 1. The number of hydrogen-bond donors (Lipinski definition) is 0. The zero-order chi connectivity index (χ0) is 16.9. The number of carbonyl (C=O) groups is 1. The normalized spacial score (nSPS) is 10.8. The third kappa shape index (κ3) is 3.99. The second-order valence-electron chi connectivity index (χ2n) is 6.06. The molecule has 0 fully saturated rings. The van der Waals surface area contributed by atoms with Gasteiger partial charge in [0.2, 0.25) is 5.91 Å². The van der Waals surface area contributed by atoms with Crippen LogP contribution in [0.1, 0.15) is 17.5 Å². The minimum absolute atomic E-state index is 0.0624. The Hall–Kier alpha value is -2.68. The summed E-state index contributed by atoms with van der Waals surface area (Å²) in [4.78, 5) is 14.0. The van der Waals surface area contributed by atoms with E-state index in [1.54, 1.807) is 18.0 Å². The number of aryl methyl sites for hydroxylation is 1. The van der Waals surface area contributed by atoms with Gasteiger partial charge in [0.25, 0.3) is 0 Å². The van der Waals surface area contributed by atoms with Crippen LogP contribution in [0.4, 0.5) is 4.39 Å². The maximum absolute atomic E-state index is 13.2. The van der Waals surface area contributed by atoms with Crippen molar-refractivity contribution in [1.82, 2.24) is 4.90 Å². The summed E-state index contributed by atoms with van der Waals surface area (Å²) in [5.74, 6) is -0.211. The molecule has 3 rings (SSSR count). The van der Waals surface area contributed by atoms with E-state index in [-0.39, 0.29) is 11.7 Å². The van der Waals surface area contributed by atoms with Crippen molar-refractivity contribution >= 4 is 16.7 Å². The standard InChI is InChI=1S/C21H20FNO/c1-23(15-17-5-4-8-20(22)14-17)21(24)12-10-16-9-11-18-6-2-3-7-19(18)13-16/h2-9,11,13-14H,10,12,15H2,1H3. The number of nitrogens with zero attached hydrogens (tertiary/aromatic N) is 1. The summed E-state index contributed by atoms with van der Waals surface area (Å²) in [6.45, 7) is 0.425. The molecule has 2 nitrogen and oxygen atoms in total. The van der Waals surface area contributed by atoms with Crippen LogP contribution in [0.25, 0.3) is 10.8 Å². The lowest BCUT2D eigenvalue weighted by molar-refractivity contribution is -0.130.